The van der Waals surface area contributed by atoms with Crippen molar-refractivity contribution in [1.29, 1.82) is 0 Å². The van der Waals surface area contributed by atoms with Crippen molar-refractivity contribution in [2.45, 2.75) is 59.7 Å². The summed E-state index contributed by atoms with van der Waals surface area (Å²) in [5.74, 6) is 0.479. The largest absolute Gasteiger partial charge is 0.460 e. The summed E-state index contributed by atoms with van der Waals surface area (Å²) in [5, 5.41) is 9.06. The van der Waals surface area contributed by atoms with Crippen LogP contribution in [0.2, 0.25) is 0 Å². The van der Waals surface area contributed by atoms with Crippen molar-refractivity contribution >= 4 is 5.97 Å². The molecule has 0 aliphatic heterocycles. The summed E-state index contributed by atoms with van der Waals surface area (Å²) in [6.07, 6.45) is 0.631. The third-order valence-corrected chi connectivity index (χ3v) is 2.09. The number of rotatable bonds is 6. The first-order chi connectivity index (χ1) is 6.82. The van der Waals surface area contributed by atoms with Crippen molar-refractivity contribution in [2.75, 3.05) is 0 Å². The summed E-state index contributed by atoms with van der Waals surface area (Å²) >= 11 is 0. The summed E-state index contributed by atoms with van der Waals surface area (Å²) in [5.41, 5.74) is 0. The highest BCUT2D eigenvalue weighted by Gasteiger charge is 2.19. The molecule has 1 unspecified atom stereocenters. The van der Waals surface area contributed by atoms with E-state index in [9.17, 15) is 4.79 Å². The minimum Gasteiger partial charge on any atom is -0.460 e. The number of aliphatic hydroxyl groups is 1. The summed E-state index contributed by atoms with van der Waals surface area (Å²) in [6, 6.07) is 0. The van der Waals surface area contributed by atoms with Crippen LogP contribution in [0.1, 0.15) is 47.5 Å². The number of carbonyl (C=O) groups excluding carboxylic acids is 1. The van der Waals surface area contributed by atoms with Crippen LogP contribution in [0.5, 0.6) is 0 Å². The van der Waals surface area contributed by atoms with Gasteiger partial charge >= 0.3 is 5.97 Å². The molecule has 0 aromatic heterocycles. The van der Waals surface area contributed by atoms with Gasteiger partial charge in [0.1, 0.15) is 12.2 Å². The molecular formula is C12H24O3. The monoisotopic (exact) mass is 216 g/mol. The van der Waals surface area contributed by atoms with Gasteiger partial charge in [0.15, 0.2) is 0 Å². The van der Waals surface area contributed by atoms with Gasteiger partial charge in [-0.1, -0.05) is 27.7 Å². The van der Waals surface area contributed by atoms with Crippen molar-refractivity contribution in [3.63, 3.8) is 0 Å². The quantitative estimate of drug-likeness (QED) is 0.693. The highest BCUT2D eigenvalue weighted by atomic mass is 16.6. The molecule has 0 aliphatic rings. The topological polar surface area (TPSA) is 46.5 Å². The fraction of sp³-hybridized carbons (Fsp3) is 0.917. The summed E-state index contributed by atoms with van der Waals surface area (Å²) in [6.45, 7) is 9.84. The van der Waals surface area contributed by atoms with Gasteiger partial charge in [-0.2, -0.15) is 0 Å². The van der Waals surface area contributed by atoms with Gasteiger partial charge < -0.3 is 9.84 Å². The number of esters is 1. The third kappa shape index (κ3) is 7.37. The molecule has 0 bridgehead atoms. The second-order valence-corrected chi connectivity index (χ2v) is 4.99. The first kappa shape index (κ1) is 14.4. The van der Waals surface area contributed by atoms with Crippen LogP contribution in [0, 0.1) is 11.8 Å². The molecular weight excluding hydrogens is 192 g/mol. The average Bonchev–Trinajstić information content (AvgIpc) is 2.00. The molecule has 1 atom stereocenters. The van der Waals surface area contributed by atoms with E-state index in [4.69, 9.17) is 9.84 Å². The fourth-order valence-electron chi connectivity index (χ4n) is 1.51. The van der Waals surface area contributed by atoms with Crippen LogP contribution in [-0.2, 0) is 9.53 Å². The van der Waals surface area contributed by atoms with E-state index in [1.165, 1.54) is 6.92 Å². The van der Waals surface area contributed by atoms with Crippen molar-refractivity contribution in [3.05, 3.63) is 0 Å². The maximum Gasteiger partial charge on any atom is 0.334 e. The Hall–Kier alpha value is -0.570. The Bertz CT molecular complexity index is 175. The Labute approximate surface area is 92.8 Å². The van der Waals surface area contributed by atoms with E-state index in [0.29, 0.717) is 11.8 Å². The van der Waals surface area contributed by atoms with Crippen molar-refractivity contribution < 1.29 is 14.6 Å². The van der Waals surface area contributed by atoms with Crippen LogP contribution in [-0.4, -0.2) is 23.3 Å². The van der Waals surface area contributed by atoms with E-state index in [1.807, 2.05) is 0 Å². The molecule has 0 fully saturated rings. The van der Waals surface area contributed by atoms with E-state index >= 15 is 0 Å². The lowest BCUT2D eigenvalue weighted by molar-refractivity contribution is -0.159. The smallest absolute Gasteiger partial charge is 0.334 e. The highest BCUT2D eigenvalue weighted by Crippen LogP contribution is 2.17. The highest BCUT2D eigenvalue weighted by molar-refractivity contribution is 5.73. The molecule has 0 rings (SSSR count). The number of carbonyl (C=O) groups is 1. The van der Waals surface area contributed by atoms with Crippen LogP contribution < -0.4 is 0 Å². The van der Waals surface area contributed by atoms with Gasteiger partial charge in [-0.15, -0.1) is 0 Å². The summed E-state index contributed by atoms with van der Waals surface area (Å²) < 4.78 is 5.24. The SMILES string of the molecule is CC(C)CC(CC(C)C)OC(=O)C(C)O. The summed E-state index contributed by atoms with van der Waals surface area (Å²) in [4.78, 5) is 11.2. The zero-order valence-electron chi connectivity index (χ0n) is 10.5. The molecule has 0 spiro atoms. The number of hydrogen-bond donors (Lipinski definition) is 1. The van der Waals surface area contributed by atoms with Crippen molar-refractivity contribution in [1.82, 2.24) is 0 Å². The Morgan fingerprint density at radius 1 is 1.07 bits per heavy atom. The lowest BCUT2D eigenvalue weighted by Crippen LogP contribution is -2.28. The summed E-state index contributed by atoms with van der Waals surface area (Å²) in [7, 11) is 0. The number of hydrogen-bond acceptors (Lipinski definition) is 3. The molecule has 0 aromatic rings. The molecule has 0 radical (unpaired) electrons. The van der Waals surface area contributed by atoms with E-state index in [0.717, 1.165) is 12.8 Å². The molecule has 3 heteroatoms. The average molecular weight is 216 g/mol. The molecule has 0 amide bonds. The molecule has 0 aromatic carbocycles. The third-order valence-electron chi connectivity index (χ3n) is 2.09. The Morgan fingerprint density at radius 3 is 1.73 bits per heavy atom. The van der Waals surface area contributed by atoms with Crippen molar-refractivity contribution in [3.8, 4) is 0 Å². The zero-order chi connectivity index (χ0) is 12.0. The molecule has 3 nitrogen and oxygen atoms in total. The van der Waals surface area contributed by atoms with Gasteiger partial charge in [-0.25, -0.2) is 4.79 Å². The van der Waals surface area contributed by atoms with Crippen LogP contribution >= 0.6 is 0 Å². The van der Waals surface area contributed by atoms with Gasteiger partial charge in [0.2, 0.25) is 0 Å². The number of aliphatic hydroxyl groups excluding tert-OH is 1. The molecule has 0 saturated heterocycles. The minimum atomic E-state index is -1.02. The molecule has 15 heavy (non-hydrogen) atoms. The lowest BCUT2D eigenvalue weighted by Gasteiger charge is -2.22. The first-order valence-electron chi connectivity index (χ1n) is 5.71. The molecule has 0 aliphatic carbocycles. The second-order valence-electron chi connectivity index (χ2n) is 4.99. The van der Waals surface area contributed by atoms with Crippen LogP contribution in [0.15, 0.2) is 0 Å². The first-order valence-corrected chi connectivity index (χ1v) is 5.71. The van der Waals surface area contributed by atoms with Gasteiger partial charge in [0, 0.05) is 0 Å². The molecule has 0 saturated carbocycles. The van der Waals surface area contributed by atoms with E-state index in [2.05, 4.69) is 27.7 Å². The predicted molar refractivity (Wildman–Crippen MR) is 60.5 cm³/mol. The maximum absolute atomic E-state index is 11.2. The van der Waals surface area contributed by atoms with Gasteiger partial charge in [-0.05, 0) is 31.6 Å². The normalized spacial score (nSPS) is 13.7. The Morgan fingerprint density at radius 2 is 1.47 bits per heavy atom. The predicted octanol–water partition coefficient (Wildman–Crippen LogP) is 2.37. The van der Waals surface area contributed by atoms with Crippen LogP contribution in [0.25, 0.3) is 0 Å². The van der Waals surface area contributed by atoms with Crippen molar-refractivity contribution in [2.24, 2.45) is 11.8 Å². The van der Waals surface area contributed by atoms with Gasteiger partial charge in [-0.3, -0.25) is 0 Å². The van der Waals surface area contributed by atoms with Gasteiger partial charge in [0.05, 0.1) is 0 Å². The van der Waals surface area contributed by atoms with E-state index < -0.39 is 12.1 Å². The number of ether oxygens (including phenoxy) is 1. The fourth-order valence-corrected chi connectivity index (χ4v) is 1.51. The minimum absolute atomic E-state index is 0.0629. The molecule has 90 valence electrons. The molecule has 1 N–H and O–H groups in total. The zero-order valence-corrected chi connectivity index (χ0v) is 10.5. The standard InChI is InChI=1S/C12H24O3/c1-8(2)6-11(7-9(3)4)15-12(14)10(5)13/h8-11,13H,6-7H2,1-5H3. The van der Waals surface area contributed by atoms with Gasteiger partial charge in [0.25, 0.3) is 0 Å². The Kier molecular flexibility index (Phi) is 6.57. The van der Waals surface area contributed by atoms with Crippen LogP contribution in [0.4, 0.5) is 0 Å². The van der Waals surface area contributed by atoms with E-state index in [1.54, 1.807) is 0 Å². The lowest BCUT2D eigenvalue weighted by atomic mass is 9.98. The van der Waals surface area contributed by atoms with E-state index in [-0.39, 0.29) is 6.10 Å². The second kappa shape index (κ2) is 6.83. The molecule has 0 heterocycles. The van der Waals surface area contributed by atoms with Crippen LogP contribution in [0.3, 0.4) is 0 Å². The Balaban J connectivity index is 4.17. The maximum atomic E-state index is 11.2.